The van der Waals surface area contributed by atoms with E-state index in [9.17, 15) is 19.5 Å². The Morgan fingerprint density at radius 3 is 2.61 bits per heavy atom. The Kier molecular flexibility index (Phi) is 4.80. The summed E-state index contributed by atoms with van der Waals surface area (Å²) in [6.45, 7) is 5.88. The maximum absolute atomic E-state index is 12.4. The molecule has 0 bridgehead atoms. The summed E-state index contributed by atoms with van der Waals surface area (Å²) in [4.78, 5) is 35.1. The quantitative estimate of drug-likeness (QED) is 0.505. The van der Waals surface area contributed by atoms with Gasteiger partial charge >= 0.3 is 0 Å². The van der Waals surface area contributed by atoms with E-state index in [1.54, 1.807) is 19.1 Å². The predicted octanol–water partition coefficient (Wildman–Crippen LogP) is 4.58. The molecular formula is C22H28O4S2. The molecule has 6 heteroatoms. The van der Waals surface area contributed by atoms with Crippen molar-refractivity contribution >= 4 is 40.4 Å². The van der Waals surface area contributed by atoms with Gasteiger partial charge in [-0.2, -0.15) is 0 Å². The van der Waals surface area contributed by atoms with Gasteiger partial charge in [0.15, 0.2) is 5.78 Å². The molecule has 0 radical (unpaired) electrons. The van der Waals surface area contributed by atoms with E-state index in [0.29, 0.717) is 12.3 Å². The first-order chi connectivity index (χ1) is 13.0. The fraction of sp³-hybridized carbons (Fsp3) is 0.682. The van der Waals surface area contributed by atoms with Crippen molar-refractivity contribution in [3.05, 3.63) is 23.8 Å². The van der Waals surface area contributed by atoms with Gasteiger partial charge in [0, 0.05) is 17.3 Å². The first-order valence-corrected chi connectivity index (χ1v) is 11.4. The lowest BCUT2D eigenvalue weighted by Crippen LogP contribution is -2.61. The van der Waals surface area contributed by atoms with Crippen LogP contribution in [0.5, 0.6) is 0 Å². The third-order valence-electron chi connectivity index (χ3n) is 8.22. The van der Waals surface area contributed by atoms with Crippen LogP contribution in [0.2, 0.25) is 0 Å². The molecule has 0 aliphatic heterocycles. The van der Waals surface area contributed by atoms with Crippen molar-refractivity contribution in [2.45, 2.75) is 57.8 Å². The highest BCUT2D eigenvalue weighted by atomic mass is 32.2. The third-order valence-corrected chi connectivity index (χ3v) is 9.42. The lowest BCUT2D eigenvalue weighted by Gasteiger charge is -2.62. The largest absolute Gasteiger partial charge is 0.379 e. The molecule has 4 aliphatic rings. The molecule has 3 saturated carbocycles. The van der Waals surface area contributed by atoms with Crippen molar-refractivity contribution in [3.63, 3.8) is 0 Å². The van der Waals surface area contributed by atoms with E-state index in [2.05, 4.69) is 26.5 Å². The van der Waals surface area contributed by atoms with Crippen LogP contribution in [0.15, 0.2) is 23.8 Å². The van der Waals surface area contributed by atoms with Crippen LogP contribution in [0.4, 0.5) is 4.79 Å². The Bertz CT molecular complexity index is 817. The third kappa shape index (κ3) is 2.82. The average molecular weight is 421 g/mol. The summed E-state index contributed by atoms with van der Waals surface area (Å²) in [6.07, 6.45) is 9.18. The highest BCUT2D eigenvalue weighted by molar-refractivity contribution is 8.32. The molecule has 4 rings (SSSR count). The molecule has 4 aliphatic carbocycles. The van der Waals surface area contributed by atoms with Crippen LogP contribution >= 0.6 is 24.4 Å². The van der Waals surface area contributed by atoms with Gasteiger partial charge in [-0.1, -0.05) is 38.1 Å². The fourth-order valence-corrected chi connectivity index (χ4v) is 9.05. The zero-order valence-electron chi connectivity index (χ0n) is 16.6. The molecule has 152 valence electrons. The Morgan fingerprint density at radius 1 is 1.25 bits per heavy atom. The standard InChI is InChI=1S/C22H28O4S2/c1-12(23)16-6-7-17-15-5-4-13-10-14(24)8-9-20(13,2)18(15)22(26,28-19(25)27)11-21(16,17)3/h8-10,15-18,26H,4-7,11H2,1-3H3,(H,25,27)/t15-,16+,17-,18-,20-,21+,22-/m0/s1. The van der Waals surface area contributed by atoms with E-state index in [-0.39, 0.29) is 34.7 Å². The number of Topliss-reactive ketones (excluding diaryl/α,β-unsaturated/α-hetero) is 1. The first kappa shape index (κ1) is 20.4. The minimum atomic E-state index is -1.31. The maximum atomic E-state index is 12.4. The van der Waals surface area contributed by atoms with Gasteiger partial charge in [-0.05, 0) is 80.2 Å². The maximum Gasteiger partial charge on any atom is 0.245 e. The molecule has 7 atom stereocenters. The van der Waals surface area contributed by atoms with Crippen LogP contribution < -0.4 is 0 Å². The van der Waals surface area contributed by atoms with Crippen LogP contribution in [0, 0.1) is 34.5 Å². The van der Waals surface area contributed by atoms with Gasteiger partial charge in [0.2, 0.25) is 4.45 Å². The highest BCUT2D eigenvalue weighted by Gasteiger charge is 2.67. The normalized spacial score (nSPS) is 47.0. The molecule has 4 nitrogen and oxygen atoms in total. The van der Waals surface area contributed by atoms with E-state index < -0.39 is 14.8 Å². The molecule has 0 aromatic carbocycles. The molecule has 0 unspecified atom stereocenters. The number of allylic oxidation sites excluding steroid dienone is 4. The zero-order chi connectivity index (χ0) is 20.5. The van der Waals surface area contributed by atoms with Gasteiger partial charge in [-0.3, -0.25) is 14.4 Å². The van der Waals surface area contributed by atoms with Crippen LogP contribution in [0.25, 0.3) is 0 Å². The number of hydrogen-bond donors (Lipinski definition) is 2. The van der Waals surface area contributed by atoms with Crippen molar-refractivity contribution in [3.8, 4) is 0 Å². The lowest BCUT2D eigenvalue weighted by molar-refractivity contribution is -0.145. The number of carbonyl (C=O) groups is 3. The number of rotatable bonds is 2. The highest BCUT2D eigenvalue weighted by Crippen LogP contribution is 2.70. The molecule has 0 saturated heterocycles. The Labute approximate surface area is 176 Å². The van der Waals surface area contributed by atoms with Gasteiger partial charge < -0.3 is 5.11 Å². The number of thiol groups is 1. The lowest BCUT2D eigenvalue weighted by atomic mass is 9.46. The monoisotopic (exact) mass is 420 g/mol. The number of ketones is 2. The predicted molar refractivity (Wildman–Crippen MR) is 113 cm³/mol. The van der Waals surface area contributed by atoms with Gasteiger partial charge in [-0.15, -0.1) is 0 Å². The summed E-state index contributed by atoms with van der Waals surface area (Å²) >= 11 is 4.88. The van der Waals surface area contributed by atoms with E-state index in [4.69, 9.17) is 0 Å². The van der Waals surface area contributed by atoms with Gasteiger partial charge in [0.05, 0.1) is 0 Å². The SMILES string of the molecule is CC(=O)[C@H]1CC[C@H]2[C@@H]3CCC4=CC(=O)C=C[C@]4(C)[C@H]3[C@@](O)(SC(=O)S)C[C@]12C. The number of hydrogen-bond acceptors (Lipinski definition) is 5. The number of fused-ring (bicyclic) bond motifs is 5. The Hall–Kier alpha value is -0.850. The van der Waals surface area contributed by atoms with Crippen molar-refractivity contribution < 1.29 is 19.5 Å². The molecular weight excluding hydrogens is 392 g/mol. The van der Waals surface area contributed by atoms with Gasteiger partial charge in [0.25, 0.3) is 0 Å². The second-order valence-electron chi connectivity index (χ2n) is 9.61. The van der Waals surface area contributed by atoms with Gasteiger partial charge in [-0.25, -0.2) is 0 Å². The molecule has 0 aromatic rings. The molecule has 0 spiro atoms. The van der Waals surface area contributed by atoms with E-state index in [1.165, 1.54) is 0 Å². The van der Waals surface area contributed by atoms with Crippen molar-refractivity contribution in [1.82, 2.24) is 0 Å². The van der Waals surface area contributed by atoms with Crippen molar-refractivity contribution in [1.29, 1.82) is 0 Å². The number of aliphatic hydroxyl groups is 1. The van der Waals surface area contributed by atoms with Gasteiger partial charge in [0.1, 0.15) is 10.7 Å². The molecule has 0 aromatic heterocycles. The van der Waals surface area contributed by atoms with E-state index in [1.807, 2.05) is 6.08 Å². The number of thioether (sulfide) groups is 1. The minimum Gasteiger partial charge on any atom is -0.379 e. The summed E-state index contributed by atoms with van der Waals surface area (Å²) in [6, 6.07) is 0. The second kappa shape index (κ2) is 6.58. The Morgan fingerprint density at radius 2 is 1.96 bits per heavy atom. The summed E-state index contributed by atoms with van der Waals surface area (Å²) in [5.74, 6) is 0.451. The van der Waals surface area contributed by atoms with Crippen LogP contribution in [-0.2, 0) is 9.59 Å². The summed E-state index contributed by atoms with van der Waals surface area (Å²) in [5, 5.41) is 12.0. The van der Waals surface area contributed by atoms with E-state index in [0.717, 1.165) is 43.0 Å². The van der Waals surface area contributed by atoms with Crippen LogP contribution in [0.3, 0.4) is 0 Å². The molecule has 0 amide bonds. The summed E-state index contributed by atoms with van der Waals surface area (Å²) < 4.78 is -0.406. The first-order valence-electron chi connectivity index (χ1n) is 10.1. The average Bonchev–Trinajstić information content (AvgIpc) is 2.90. The second-order valence-corrected chi connectivity index (χ2v) is 11.6. The molecule has 3 fully saturated rings. The molecule has 28 heavy (non-hydrogen) atoms. The fourth-order valence-electron chi connectivity index (χ4n) is 7.35. The smallest absolute Gasteiger partial charge is 0.245 e. The zero-order valence-corrected chi connectivity index (χ0v) is 18.3. The Balaban J connectivity index is 1.85. The van der Waals surface area contributed by atoms with Crippen LogP contribution in [0.1, 0.15) is 52.9 Å². The van der Waals surface area contributed by atoms with Crippen LogP contribution in [-0.4, -0.2) is 26.1 Å². The van der Waals surface area contributed by atoms with E-state index >= 15 is 0 Å². The van der Waals surface area contributed by atoms with Crippen molar-refractivity contribution in [2.24, 2.45) is 34.5 Å². The minimum absolute atomic E-state index is 0.00875. The molecule has 0 heterocycles. The number of carbonyl (C=O) groups excluding carboxylic acids is 3. The summed E-state index contributed by atoms with van der Waals surface area (Å²) in [5.41, 5.74) is 0.276. The summed E-state index contributed by atoms with van der Waals surface area (Å²) in [7, 11) is 0. The topological polar surface area (TPSA) is 71.4 Å². The van der Waals surface area contributed by atoms with Crippen molar-refractivity contribution in [2.75, 3.05) is 0 Å². The molecule has 1 N–H and O–H groups in total.